The largest absolute Gasteiger partial charge is 0.300 e. The molecule has 2 aromatic carbocycles. The van der Waals surface area contributed by atoms with E-state index in [9.17, 15) is 8.42 Å². The minimum Gasteiger partial charge on any atom is -0.300 e. The van der Waals surface area contributed by atoms with Gasteiger partial charge in [-0.15, -0.1) is 0 Å². The average Bonchev–Trinajstić information content (AvgIpc) is 3.21. The van der Waals surface area contributed by atoms with E-state index >= 15 is 0 Å². The third-order valence-corrected chi connectivity index (χ3v) is 8.30. The molecule has 2 aliphatic heterocycles. The lowest BCUT2D eigenvalue weighted by Gasteiger charge is -2.35. The second kappa shape index (κ2) is 7.89. The van der Waals surface area contributed by atoms with E-state index in [2.05, 4.69) is 21.4 Å². The minimum atomic E-state index is -3.48. The highest BCUT2D eigenvalue weighted by atomic mass is 32.2. The van der Waals surface area contributed by atoms with E-state index in [1.54, 1.807) is 6.07 Å². The molecule has 0 saturated carbocycles. The van der Waals surface area contributed by atoms with Crippen LogP contribution in [0.5, 0.6) is 0 Å². The average molecular weight is 391 g/mol. The van der Waals surface area contributed by atoms with E-state index in [-0.39, 0.29) is 0 Å². The van der Waals surface area contributed by atoms with Crippen LogP contribution in [0.3, 0.4) is 0 Å². The molecule has 140 valence electrons. The Bertz CT molecular complexity index is 850. The van der Waals surface area contributed by atoms with Gasteiger partial charge >= 0.3 is 0 Å². The first-order valence-electron chi connectivity index (χ1n) is 9.43. The van der Waals surface area contributed by atoms with Gasteiger partial charge in [0, 0.05) is 23.7 Å². The van der Waals surface area contributed by atoms with Crippen molar-refractivity contribution in [3.05, 3.63) is 42.5 Å². The molecule has 0 aromatic heterocycles. The fourth-order valence-corrected chi connectivity index (χ4v) is 6.67. The van der Waals surface area contributed by atoms with Crippen molar-refractivity contribution in [1.29, 1.82) is 0 Å². The quantitative estimate of drug-likeness (QED) is 0.851. The number of fused-ring (bicyclic) bond motifs is 1. The molecule has 1 N–H and O–H groups in total. The van der Waals surface area contributed by atoms with E-state index in [0.717, 1.165) is 42.7 Å². The van der Waals surface area contributed by atoms with Gasteiger partial charge in [0.2, 0.25) is 10.0 Å². The van der Waals surface area contributed by atoms with Gasteiger partial charge in [0.05, 0.1) is 4.90 Å². The fourth-order valence-electron chi connectivity index (χ4n) is 4.07. The zero-order chi connectivity index (χ0) is 18.0. The zero-order valence-electron chi connectivity index (χ0n) is 14.9. The molecule has 4 nitrogen and oxygen atoms in total. The second-order valence-electron chi connectivity index (χ2n) is 7.33. The smallest absolute Gasteiger partial charge is 0.241 e. The molecule has 0 amide bonds. The van der Waals surface area contributed by atoms with E-state index in [4.69, 9.17) is 0 Å². The van der Waals surface area contributed by atoms with Crippen LogP contribution in [0, 0.1) is 5.92 Å². The van der Waals surface area contributed by atoms with Crippen LogP contribution in [0.15, 0.2) is 47.4 Å². The summed E-state index contributed by atoms with van der Waals surface area (Å²) in [6, 6.07) is 13.9. The molecule has 2 fully saturated rings. The SMILES string of the molecule is O=S(=O)(NCC1CCN(C2CCSC2)CC1)c1cccc2ccccc12. The molecule has 0 spiro atoms. The number of hydrogen-bond acceptors (Lipinski definition) is 4. The summed E-state index contributed by atoms with van der Waals surface area (Å²) in [6.45, 7) is 2.75. The molecule has 4 rings (SSSR count). The molecule has 0 radical (unpaired) electrons. The lowest BCUT2D eigenvalue weighted by molar-refractivity contribution is 0.145. The van der Waals surface area contributed by atoms with Gasteiger partial charge in [-0.25, -0.2) is 13.1 Å². The number of likely N-dealkylation sites (tertiary alicyclic amines) is 1. The Labute approximate surface area is 160 Å². The van der Waals surface area contributed by atoms with E-state index in [1.807, 2.05) is 36.4 Å². The molecule has 1 unspecified atom stereocenters. The summed E-state index contributed by atoms with van der Waals surface area (Å²) in [5.41, 5.74) is 0. The highest BCUT2D eigenvalue weighted by Crippen LogP contribution is 2.27. The number of sulfonamides is 1. The van der Waals surface area contributed by atoms with Crippen molar-refractivity contribution in [3.8, 4) is 0 Å². The fraction of sp³-hybridized carbons (Fsp3) is 0.500. The minimum absolute atomic E-state index is 0.385. The van der Waals surface area contributed by atoms with Gasteiger partial charge in [-0.1, -0.05) is 36.4 Å². The van der Waals surface area contributed by atoms with Crippen LogP contribution in [0.25, 0.3) is 10.8 Å². The molecule has 2 saturated heterocycles. The number of benzene rings is 2. The van der Waals surface area contributed by atoms with Gasteiger partial charge in [-0.3, -0.25) is 4.90 Å². The molecule has 1 atom stereocenters. The monoisotopic (exact) mass is 390 g/mol. The van der Waals surface area contributed by atoms with Crippen molar-refractivity contribution < 1.29 is 8.42 Å². The zero-order valence-corrected chi connectivity index (χ0v) is 16.6. The molecule has 26 heavy (non-hydrogen) atoms. The third kappa shape index (κ3) is 3.93. The van der Waals surface area contributed by atoms with Gasteiger partial charge in [-0.05, 0) is 55.5 Å². The Hall–Kier alpha value is -1.08. The summed E-state index contributed by atoms with van der Waals surface area (Å²) in [5, 5.41) is 1.74. The normalized spacial score (nSPS) is 22.8. The number of piperidine rings is 1. The van der Waals surface area contributed by atoms with Crippen molar-refractivity contribution in [1.82, 2.24) is 9.62 Å². The summed E-state index contributed by atoms with van der Waals surface area (Å²) in [7, 11) is -3.48. The van der Waals surface area contributed by atoms with E-state index < -0.39 is 10.0 Å². The maximum Gasteiger partial charge on any atom is 0.241 e. The molecule has 2 aromatic rings. The highest BCUT2D eigenvalue weighted by Gasteiger charge is 2.28. The second-order valence-corrected chi connectivity index (χ2v) is 10.2. The van der Waals surface area contributed by atoms with Gasteiger partial charge in [0.1, 0.15) is 0 Å². The number of nitrogens with one attached hydrogen (secondary N) is 1. The summed E-state index contributed by atoms with van der Waals surface area (Å²) in [6.07, 6.45) is 3.47. The predicted octanol–water partition coefficient (Wildman–Crippen LogP) is 3.34. The van der Waals surface area contributed by atoms with Crippen molar-refractivity contribution >= 4 is 32.6 Å². The molecule has 6 heteroatoms. The van der Waals surface area contributed by atoms with Gasteiger partial charge in [0.15, 0.2) is 0 Å². The van der Waals surface area contributed by atoms with Crippen LogP contribution >= 0.6 is 11.8 Å². The standard InChI is InChI=1S/C20H26N2O2S2/c23-26(24,20-7-3-5-17-4-1-2-6-19(17)20)21-14-16-8-11-22(12-9-16)18-10-13-25-15-18/h1-7,16,18,21H,8-15H2. The molecular weight excluding hydrogens is 364 g/mol. The Morgan fingerprint density at radius 2 is 1.81 bits per heavy atom. The van der Waals surface area contributed by atoms with Crippen molar-refractivity contribution in [2.24, 2.45) is 5.92 Å². The summed E-state index contributed by atoms with van der Waals surface area (Å²) < 4.78 is 28.5. The van der Waals surface area contributed by atoms with Crippen LogP contribution in [-0.2, 0) is 10.0 Å². The number of thioether (sulfide) groups is 1. The van der Waals surface area contributed by atoms with Crippen LogP contribution in [0.1, 0.15) is 19.3 Å². The first-order chi connectivity index (χ1) is 12.6. The molecule has 2 aliphatic rings. The molecular formula is C20H26N2O2S2. The maximum absolute atomic E-state index is 12.8. The Morgan fingerprint density at radius 1 is 1.04 bits per heavy atom. The molecule has 2 heterocycles. The third-order valence-electron chi connectivity index (χ3n) is 5.67. The molecule has 0 bridgehead atoms. The first-order valence-corrected chi connectivity index (χ1v) is 12.1. The van der Waals surface area contributed by atoms with Gasteiger partial charge < -0.3 is 0 Å². The van der Waals surface area contributed by atoms with Crippen LogP contribution < -0.4 is 4.72 Å². The van der Waals surface area contributed by atoms with Gasteiger partial charge in [-0.2, -0.15) is 11.8 Å². The first kappa shape index (κ1) is 18.3. The number of rotatable bonds is 5. The lowest BCUT2D eigenvalue weighted by atomic mass is 9.96. The van der Waals surface area contributed by atoms with Crippen LogP contribution in [-0.4, -0.2) is 50.5 Å². The number of nitrogens with zero attached hydrogens (tertiary/aromatic N) is 1. The van der Waals surface area contributed by atoms with Crippen molar-refractivity contribution in [2.45, 2.75) is 30.2 Å². The van der Waals surface area contributed by atoms with Crippen molar-refractivity contribution in [2.75, 3.05) is 31.1 Å². The topological polar surface area (TPSA) is 49.4 Å². The van der Waals surface area contributed by atoms with Gasteiger partial charge in [0.25, 0.3) is 0 Å². The predicted molar refractivity (Wildman–Crippen MR) is 109 cm³/mol. The highest BCUT2D eigenvalue weighted by molar-refractivity contribution is 7.99. The van der Waals surface area contributed by atoms with Crippen LogP contribution in [0.4, 0.5) is 0 Å². The van der Waals surface area contributed by atoms with E-state index in [1.165, 1.54) is 17.9 Å². The summed E-state index contributed by atoms with van der Waals surface area (Å²) in [4.78, 5) is 2.99. The van der Waals surface area contributed by atoms with Crippen LogP contribution in [0.2, 0.25) is 0 Å². The lowest BCUT2D eigenvalue weighted by Crippen LogP contribution is -2.43. The molecule has 0 aliphatic carbocycles. The maximum atomic E-state index is 12.8. The van der Waals surface area contributed by atoms with Crippen molar-refractivity contribution in [3.63, 3.8) is 0 Å². The summed E-state index contributed by atoms with van der Waals surface area (Å²) in [5.74, 6) is 2.98. The number of hydrogen-bond donors (Lipinski definition) is 1. The van der Waals surface area contributed by atoms with E-state index in [0.29, 0.717) is 17.4 Å². The Morgan fingerprint density at radius 3 is 2.58 bits per heavy atom. The summed E-state index contributed by atoms with van der Waals surface area (Å²) >= 11 is 2.06. The Kier molecular flexibility index (Phi) is 5.55. The Balaban J connectivity index is 1.38.